The van der Waals surface area contributed by atoms with Gasteiger partial charge in [0.05, 0.1) is 11.9 Å². The van der Waals surface area contributed by atoms with Gasteiger partial charge in [0, 0.05) is 11.4 Å². The molecule has 0 saturated heterocycles. The maximum absolute atomic E-state index is 12.3. The number of benzene rings is 1. The Morgan fingerprint density at radius 1 is 1.00 bits per heavy atom. The third kappa shape index (κ3) is 4.58. The average molecular weight is 374 g/mol. The second-order valence-corrected chi connectivity index (χ2v) is 8.94. The van der Waals surface area contributed by atoms with Crippen LogP contribution in [0, 0.1) is 13.8 Å². The minimum Gasteiger partial charge on any atom is -0.380 e. The van der Waals surface area contributed by atoms with Crippen LogP contribution in [-0.4, -0.2) is 13.4 Å². The summed E-state index contributed by atoms with van der Waals surface area (Å²) >= 11 is 1.23. The van der Waals surface area contributed by atoms with Crippen molar-refractivity contribution < 1.29 is 8.42 Å². The molecule has 3 rings (SSSR count). The Morgan fingerprint density at radius 3 is 2.36 bits per heavy atom. The summed E-state index contributed by atoms with van der Waals surface area (Å²) in [6.45, 7) is 4.61. The monoisotopic (exact) mass is 373 g/mol. The van der Waals surface area contributed by atoms with Crippen molar-refractivity contribution in [1.29, 1.82) is 0 Å². The Morgan fingerprint density at radius 2 is 1.76 bits per heavy atom. The van der Waals surface area contributed by atoms with E-state index in [1.165, 1.54) is 22.5 Å². The van der Waals surface area contributed by atoms with E-state index in [9.17, 15) is 8.42 Å². The first kappa shape index (κ1) is 17.4. The third-order valence-corrected chi connectivity index (χ3v) is 6.45. The largest absolute Gasteiger partial charge is 0.380 e. The normalized spacial score (nSPS) is 11.3. The second-order valence-electron chi connectivity index (χ2n) is 5.74. The Kier molecular flexibility index (Phi) is 5.06. The van der Waals surface area contributed by atoms with Crippen LogP contribution in [0.1, 0.15) is 16.0 Å². The van der Waals surface area contributed by atoms with Crippen molar-refractivity contribution in [3.8, 4) is 0 Å². The number of sulfonamides is 1. The fourth-order valence-electron chi connectivity index (χ4n) is 2.21. The van der Waals surface area contributed by atoms with Crippen molar-refractivity contribution in [3.63, 3.8) is 0 Å². The van der Waals surface area contributed by atoms with E-state index >= 15 is 0 Å². The molecule has 0 radical (unpaired) electrons. The van der Waals surface area contributed by atoms with Crippen molar-refractivity contribution in [3.05, 3.63) is 70.7 Å². The minimum absolute atomic E-state index is 0.286. The summed E-state index contributed by atoms with van der Waals surface area (Å²) < 4.78 is 27.3. The lowest BCUT2D eigenvalue weighted by Gasteiger charge is -2.09. The molecular formula is C18H19N3O2S2. The molecule has 0 saturated carbocycles. The van der Waals surface area contributed by atoms with E-state index < -0.39 is 10.0 Å². The molecule has 5 nitrogen and oxygen atoms in total. The molecule has 0 aliphatic carbocycles. The lowest BCUT2D eigenvalue weighted by molar-refractivity contribution is 0.603. The van der Waals surface area contributed by atoms with Crippen LogP contribution in [0.15, 0.2) is 58.9 Å². The fraction of sp³-hybridized carbons (Fsp3) is 0.167. The Balaban J connectivity index is 1.63. The number of aromatic nitrogens is 1. The van der Waals surface area contributed by atoms with Gasteiger partial charge in [-0.2, -0.15) is 0 Å². The molecule has 0 atom stereocenters. The molecule has 1 aromatic carbocycles. The van der Waals surface area contributed by atoms with Crippen LogP contribution in [0.3, 0.4) is 0 Å². The highest BCUT2D eigenvalue weighted by Gasteiger charge is 2.16. The Labute approximate surface area is 151 Å². The van der Waals surface area contributed by atoms with Crippen LogP contribution in [0.4, 0.5) is 11.5 Å². The molecule has 2 N–H and O–H groups in total. The number of nitrogens with one attached hydrogen (secondary N) is 2. The first-order valence-electron chi connectivity index (χ1n) is 7.77. The van der Waals surface area contributed by atoms with Crippen molar-refractivity contribution in [2.45, 2.75) is 24.6 Å². The van der Waals surface area contributed by atoms with E-state index in [1.54, 1.807) is 30.5 Å². The Hall–Kier alpha value is -2.38. The number of thiophene rings is 1. The molecule has 7 heteroatoms. The lowest BCUT2D eigenvalue weighted by Crippen LogP contribution is -2.12. The zero-order valence-corrected chi connectivity index (χ0v) is 15.6. The van der Waals surface area contributed by atoms with Gasteiger partial charge in [0.15, 0.2) is 0 Å². The number of hydrogen-bond donors (Lipinski definition) is 2. The summed E-state index contributed by atoms with van der Waals surface area (Å²) in [5.74, 6) is 0.298. The van der Waals surface area contributed by atoms with E-state index in [1.807, 2.05) is 6.92 Å². The van der Waals surface area contributed by atoms with Gasteiger partial charge in [-0.1, -0.05) is 29.8 Å². The predicted molar refractivity (Wildman–Crippen MR) is 103 cm³/mol. The van der Waals surface area contributed by atoms with Gasteiger partial charge >= 0.3 is 0 Å². The summed E-state index contributed by atoms with van der Waals surface area (Å²) in [6.07, 6.45) is 1.62. The highest BCUT2D eigenvalue weighted by molar-refractivity contribution is 7.94. The number of pyridine rings is 1. The molecule has 3 aromatic rings. The van der Waals surface area contributed by atoms with Crippen LogP contribution in [0.5, 0.6) is 0 Å². The summed E-state index contributed by atoms with van der Waals surface area (Å²) in [4.78, 5) is 5.12. The van der Waals surface area contributed by atoms with Crippen LogP contribution in [0.2, 0.25) is 0 Å². The first-order chi connectivity index (χ1) is 11.9. The molecule has 0 fully saturated rings. The molecule has 130 valence electrons. The van der Waals surface area contributed by atoms with Crippen molar-refractivity contribution in [1.82, 2.24) is 4.98 Å². The van der Waals surface area contributed by atoms with Crippen molar-refractivity contribution >= 4 is 32.9 Å². The Bertz CT molecular complexity index is 947. The van der Waals surface area contributed by atoms with Crippen LogP contribution in [0.25, 0.3) is 0 Å². The third-order valence-electron chi connectivity index (χ3n) is 3.60. The number of rotatable bonds is 6. The van der Waals surface area contributed by atoms with Crippen LogP contribution in [-0.2, 0) is 16.6 Å². The standard InChI is InChI=1S/C18H19N3O2S2/c1-13-3-6-15(7-4-13)11-19-16-8-9-17(20-12-16)21-25(22,23)18-10-5-14(2)24-18/h3-10,12,19H,11H2,1-2H3,(H,20,21). The number of hydrogen-bond acceptors (Lipinski definition) is 5. The number of aryl methyl sites for hydroxylation is 2. The first-order valence-corrected chi connectivity index (χ1v) is 10.1. The topological polar surface area (TPSA) is 71.1 Å². The van der Waals surface area contributed by atoms with E-state index in [0.29, 0.717) is 12.4 Å². The number of nitrogens with zero attached hydrogens (tertiary/aromatic N) is 1. The minimum atomic E-state index is -3.58. The lowest BCUT2D eigenvalue weighted by atomic mass is 10.1. The summed E-state index contributed by atoms with van der Waals surface area (Å²) in [6, 6.07) is 15.1. The molecule has 0 aliphatic heterocycles. The zero-order valence-electron chi connectivity index (χ0n) is 14.0. The molecule has 0 spiro atoms. The predicted octanol–water partition coefficient (Wildman–Crippen LogP) is 4.17. The maximum atomic E-state index is 12.3. The highest BCUT2D eigenvalue weighted by Crippen LogP contribution is 2.23. The summed E-state index contributed by atoms with van der Waals surface area (Å²) in [5, 5.41) is 3.27. The molecule has 25 heavy (non-hydrogen) atoms. The summed E-state index contributed by atoms with van der Waals surface area (Å²) in [5.41, 5.74) is 3.22. The highest BCUT2D eigenvalue weighted by atomic mass is 32.2. The molecular weight excluding hydrogens is 354 g/mol. The average Bonchev–Trinajstić information content (AvgIpc) is 3.03. The molecule has 2 aromatic heterocycles. The second kappa shape index (κ2) is 7.25. The van der Waals surface area contributed by atoms with Crippen LogP contribution >= 0.6 is 11.3 Å². The molecule has 2 heterocycles. The molecule has 0 aliphatic rings. The molecule has 0 unspecified atom stereocenters. The zero-order chi connectivity index (χ0) is 17.9. The molecule has 0 amide bonds. The SMILES string of the molecule is Cc1ccc(CNc2ccc(NS(=O)(=O)c3ccc(C)s3)nc2)cc1. The van der Waals surface area contributed by atoms with E-state index in [0.717, 1.165) is 10.6 Å². The smallest absolute Gasteiger partial charge is 0.272 e. The van der Waals surface area contributed by atoms with Gasteiger partial charge in [0.25, 0.3) is 10.0 Å². The van der Waals surface area contributed by atoms with Gasteiger partial charge in [-0.15, -0.1) is 11.3 Å². The van der Waals surface area contributed by atoms with Gasteiger partial charge in [-0.25, -0.2) is 13.4 Å². The number of anilines is 2. The summed E-state index contributed by atoms with van der Waals surface area (Å²) in [7, 11) is -3.58. The quantitative estimate of drug-likeness (QED) is 0.680. The van der Waals surface area contributed by atoms with Gasteiger partial charge in [0.1, 0.15) is 10.0 Å². The van der Waals surface area contributed by atoms with Crippen LogP contribution < -0.4 is 10.0 Å². The fourth-order valence-corrected chi connectivity index (χ4v) is 4.50. The van der Waals surface area contributed by atoms with Gasteiger partial charge in [0.2, 0.25) is 0 Å². The van der Waals surface area contributed by atoms with Gasteiger partial charge in [-0.3, -0.25) is 4.72 Å². The van der Waals surface area contributed by atoms with Gasteiger partial charge < -0.3 is 5.32 Å². The maximum Gasteiger partial charge on any atom is 0.272 e. The van der Waals surface area contributed by atoms with Crippen molar-refractivity contribution in [2.75, 3.05) is 10.0 Å². The molecule has 0 bridgehead atoms. The van der Waals surface area contributed by atoms with E-state index in [4.69, 9.17) is 0 Å². The van der Waals surface area contributed by atoms with E-state index in [-0.39, 0.29) is 4.21 Å². The van der Waals surface area contributed by atoms with Crippen molar-refractivity contribution in [2.24, 2.45) is 0 Å². The van der Waals surface area contributed by atoms with E-state index in [2.05, 4.69) is 46.2 Å². The van der Waals surface area contributed by atoms with Gasteiger partial charge in [-0.05, 0) is 43.7 Å².